The van der Waals surface area contributed by atoms with Gasteiger partial charge < -0.3 is 9.84 Å². The first-order chi connectivity index (χ1) is 8.73. The van der Waals surface area contributed by atoms with Crippen LogP contribution in [0, 0.1) is 0 Å². The summed E-state index contributed by atoms with van der Waals surface area (Å²) < 4.78 is 54.4. The van der Waals surface area contributed by atoms with Gasteiger partial charge >= 0.3 is 5.97 Å². The molecular weight excluding hydrogens is 306 g/mol. The second-order valence-corrected chi connectivity index (χ2v) is 6.14. The van der Waals surface area contributed by atoms with Crippen molar-refractivity contribution in [1.29, 1.82) is 0 Å². The molecule has 0 unspecified atom stereocenters. The zero-order valence-corrected chi connectivity index (χ0v) is 11.2. The van der Waals surface area contributed by atoms with Crippen LogP contribution in [-0.2, 0) is 14.8 Å². The summed E-state index contributed by atoms with van der Waals surface area (Å²) >= 11 is 0.589. The van der Waals surface area contributed by atoms with Gasteiger partial charge in [-0.1, -0.05) is 0 Å². The van der Waals surface area contributed by atoms with E-state index in [9.17, 15) is 22.0 Å². The minimum Gasteiger partial charge on any atom is -0.464 e. The molecule has 0 aliphatic heterocycles. The number of nitrogens with one attached hydrogen (secondary N) is 1. The molecule has 1 aromatic rings. The van der Waals surface area contributed by atoms with Crippen molar-refractivity contribution < 1.29 is 31.8 Å². The smallest absolute Gasteiger partial charge is 0.358 e. The van der Waals surface area contributed by atoms with Gasteiger partial charge in [-0.25, -0.2) is 31.7 Å². The number of methoxy groups -OCH3 is 1. The number of hydrogen-bond donors (Lipinski definition) is 2. The molecule has 1 aromatic heterocycles. The maximum absolute atomic E-state index is 12.8. The van der Waals surface area contributed by atoms with Gasteiger partial charge in [-0.05, 0) is 0 Å². The highest BCUT2D eigenvalue weighted by Crippen LogP contribution is 2.21. The third-order valence-corrected chi connectivity index (χ3v) is 4.68. The molecule has 0 atom stereocenters. The summed E-state index contributed by atoms with van der Waals surface area (Å²) in [5, 5.41) is 8.33. The zero-order chi connectivity index (χ0) is 14.7. The molecule has 19 heavy (non-hydrogen) atoms. The molecule has 0 bridgehead atoms. The summed E-state index contributed by atoms with van der Waals surface area (Å²) in [7, 11) is -3.30. The number of aliphatic hydroxyl groups excluding tert-OH is 1. The standard InChI is InChI=1S/C8H10F2N2O5S2/c1-17-6(14)5-7(18-4-11-5)19(15,16)12-2-8(9,10)3-13/h4,12-13H,2-3H2,1H3. The second-order valence-electron chi connectivity index (χ2n) is 3.32. The van der Waals surface area contributed by atoms with Crippen LogP contribution < -0.4 is 4.72 Å². The maximum Gasteiger partial charge on any atom is 0.358 e. The van der Waals surface area contributed by atoms with E-state index in [1.807, 2.05) is 0 Å². The molecule has 0 saturated heterocycles. The van der Waals surface area contributed by atoms with E-state index >= 15 is 0 Å². The maximum atomic E-state index is 12.8. The van der Waals surface area contributed by atoms with E-state index in [2.05, 4.69) is 9.72 Å². The van der Waals surface area contributed by atoms with Crippen molar-refractivity contribution in [2.75, 3.05) is 20.3 Å². The van der Waals surface area contributed by atoms with E-state index in [4.69, 9.17) is 5.11 Å². The van der Waals surface area contributed by atoms with Crippen LogP contribution in [0.15, 0.2) is 9.72 Å². The van der Waals surface area contributed by atoms with Gasteiger partial charge in [-0.15, -0.1) is 11.3 Å². The Labute approximate surface area is 111 Å². The monoisotopic (exact) mass is 316 g/mol. The first-order valence-electron chi connectivity index (χ1n) is 4.73. The number of rotatable bonds is 6. The van der Waals surface area contributed by atoms with Crippen molar-refractivity contribution >= 4 is 27.3 Å². The predicted molar refractivity (Wildman–Crippen MR) is 60.7 cm³/mol. The van der Waals surface area contributed by atoms with Crippen LogP contribution in [0.2, 0.25) is 0 Å². The van der Waals surface area contributed by atoms with Crippen LogP contribution in [0.25, 0.3) is 0 Å². The van der Waals surface area contributed by atoms with E-state index in [-0.39, 0.29) is 0 Å². The van der Waals surface area contributed by atoms with Gasteiger partial charge in [0.25, 0.3) is 15.9 Å². The van der Waals surface area contributed by atoms with E-state index in [1.165, 1.54) is 0 Å². The van der Waals surface area contributed by atoms with Crippen molar-refractivity contribution in [3.8, 4) is 0 Å². The lowest BCUT2D eigenvalue weighted by molar-refractivity contribution is -0.0437. The topological polar surface area (TPSA) is 106 Å². The molecular formula is C8H10F2N2O5S2. The zero-order valence-electron chi connectivity index (χ0n) is 9.59. The number of aliphatic hydroxyl groups is 1. The Morgan fingerprint density at radius 2 is 2.26 bits per heavy atom. The van der Waals surface area contributed by atoms with Gasteiger partial charge in [0, 0.05) is 0 Å². The Morgan fingerprint density at radius 3 is 2.79 bits per heavy atom. The number of ether oxygens (including phenoxy) is 1. The highest BCUT2D eigenvalue weighted by atomic mass is 32.2. The van der Waals surface area contributed by atoms with Crippen molar-refractivity contribution in [1.82, 2.24) is 9.71 Å². The lowest BCUT2D eigenvalue weighted by Gasteiger charge is -2.13. The molecule has 1 heterocycles. The van der Waals surface area contributed by atoms with E-state index < -0.39 is 45.0 Å². The van der Waals surface area contributed by atoms with E-state index in [0.29, 0.717) is 11.3 Å². The van der Waals surface area contributed by atoms with Gasteiger partial charge in [0.2, 0.25) is 0 Å². The van der Waals surface area contributed by atoms with Gasteiger partial charge in [0.15, 0.2) is 9.90 Å². The van der Waals surface area contributed by atoms with Crippen LogP contribution in [-0.4, -0.2) is 50.7 Å². The molecule has 0 aliphatic carbocycles. The minimum absolute atomic E-state index is 0.479. The lowest BCUT2D eigenvalue weighted by atomic mass is 10.4. The average Bonchev–Trinajstić information content (AvgIpc) is 2.86. The van der Waals surface area contributed by atoms with Gasteiger partial charge in [-0.3, -0.25) is 0 Å². The quantitative estimate of drug-likeness (QED) is 0.706. The van der Waals surface area contributed by atoms with Crippen LogP contribution in [0.3, 0.4) is 0 Å². The second kappa shape index (κ2) is 5.86. The Bertz CT molecular complexity index is 557. The summed E-state index contributed by atoms with van der Waals surface area (Å²) in [4.78, 5) is 14.7. The Kier molecular flexibility index (Phi) is 4.90. The normalized spacial score (nSPS) is 12.4. The number of aromatic nitrogens is 1. The number of esters is 1. The molecule has 2 N–H and O–H groups in total. The average molecular weight is 316 g/mol. The molecule has 108 valence electrons. The SMILES string of the molecule is COC(=O)c1ncsc1S(=O)(=O)NCC(F)(F)CO. The molecule has 0 aliphatic rings. The van der Waals surface area contributed by atoms with Crippen molar-refractivity contribution in [2.45, 2.75) is 10.1 Å². The largest absolute Gasteiger partial charge is 0.464 e. The molecule has 0 spiro atoms. The Balaban J connectivity index is 2.96. The van der Waals surface area contributed by atoms with E-state index in [0.717, 1.165) is 12.6 Å². The highest BCUT2D eigenvalue weighted by molar-refractivity contribution is 7.91. The third-order valence-electron chi connectivity index (χ3n) is 1.91. The molecule has 0 radical (unpaired) electrons. The minimum atomic E-state index is -4.33. The molecule has 0 aromatic carbocycles. The molecule has 0 saturated carbocycles. The van der Waals surface area contributed by atoms with E-state index in [1.54, 1.807) is 4.72 Å². The number of sulfonamides is 1. The first kappa shape index (κ1) is 15.9. The summed E-state index contributed by atoms with van der Waals surface area (Å²) in [6.07, 6.45) is 0. The fraction of sp³-hybridized carbons (Fsp3) is 0.500. The number of carbonyl (C=O) groups is 1. The number of alkyl halides is 2. The molecule has 0 fully saturated rings. The number of halogens is 2. The van der Waals surface area contributed by atoms with Crippen LogP contribution in [0.4, 0.5) is 8.78 Å². The van der Waals surface area contributed by atoms with Crippen molar-refractivity contribution in [3.63, 3.8) is 0 Å². The fourth-order valence-corrected chi connectivity index (χ4v) is 3.22. The van der Waals surface area contributed by atoms with Crippen molar-refractivity contribution in [3.05, 3.63) is 11.2 Å². The lowest BCUT2D eigenvalue weighted by Crippen LogP contribution is -2.39. The summed E-state index contributed by atoms with van der Waals surface area (Å²) in [6, 6.07) is 0. The third kappa shape index (κ3) is 3.89. The molecule has 0 amide bonds. The Hall–Kier alpha value is -1.17. The molecule has 11 heteroatoms. The number of nitrogens with zero attached hydrogens (tertiary/aromatic N) is 1. The summed E-state index contributed by atoms with van der Waals surface area (Å²) in [5.74, 6) is -4.58. The number of carbonyl (C=O) groups excluding carboxylic acids is 1. The van der Waals surface area contributed by atoms with Crippen molar-refractivity contribution in [2.24, 2.45) is 0 Å². The van der Waals surface area contributed by atoms with Gasteiger partial charge in [-0.2, -0.15) is 0 Å². The predicted octanol–water partition coefficient (Wildman–Crippen LogP) is -0.164. The van der Waals surface area contributed by atoms with Crippen LogP contribution in [0.5, 0.6) is 0 Å². The highest BCUT2D eigenvalue weighted by Gasteiger charge is 2.33. The van der Waals surface area contributed by atoms with Gasteiger partial charge in [0.1, 0.15) is 6.61 Å². The summed E-state index contributed by atoms with van der Waals surface area (Å²) in [6.45, 7) is -2.79. The fourth-order valence-electron chi connectivity index (χ4n) is 0.981. The van der Waals surface area contributed by atoms with Gasteiger partial charge in [0.05, 0.1) is 19.2 Å². The molecule has 1 rings (SSSR count). The van der Waals surface area contributed by atoms with Crippen LogP contribution >= 0.6 is 11.3 Å². The number of thiazole rings is 1. The summed E-state index contributed by atoms with van der Waals surface area (Å²) in [5.41, 5.74) is 0.595. The molecule has 7 nitrogen and oxygen atoms in total. The van der Waals surface area contributed by atoms with Crippen LogP contribution in [0.1, 0.15) is 10.5 Å². The number of hydrogen-bond acceptors (Lipinski definition) is 7. The first-order valence-corrected chi connectivity index (χ1v) is 7.10. The Morgan fingerprint density at radius 1 is 1.63 bits per heavy atom.